The number of aryl methyl sites for hydroxylation is 1. The molecule has 1 aromatic heterocycles. The molecule has 5 nitrogen and oxygen atoms in total. The van der Waals surface area contributed by atoms with Gasteiger partial charge in [-0.1, -0.05) is 17.4 Å². The Hall–Kier alpha value is -1.56. The van der Waals surface area contributed by atoms with E-state index in [9.17, 15) is 9.90 Å². The molecule has 0 aliphatic heterocycles. The highest BCUT2D eigenvalue weighted by Crippen LogP contribution is 2.36. The SMILES string of the molecule is COCC[NH2+]Cc1c([O-])c(Cl)cc2c3c(c(=O)oc12)CCC3. The molecule has 118 valence electrons. The topological polar surface area (TPSA) is 79.1 Å². The number of ether oxygens (including phenoxy) is 1. The van der Waals surface area contributed by atoms with Crippen LogP contribution in [0.5, 0.6) is 5.75 Å². The molecular weight excluding hydrogens is 306 g/mol. The zero-order valence-electron chi connectivity index (χ0n) is 12.4. The highest BCUT2D eigenvalue weighted by atomic mass is 35.5. The van der Waals surface area contributed by atoms with Crippen LogP contribution in [0.25, 0.3) is 11.0 Å². The average molecular weight is 324 g/mol. The van der Waals surface area contributed by atoms with Crippen molar-refractivity contribution >= 4 is 22.6 Å². The third-order valence-corrected chi connectivity index (χ3v) is 4.42. The Morgan fingerprint density at radius 2 is 2.18 bits per heavy atom. The fourth-order valence-electron chi connectivity index (χ4n) is 3.06. The molecule has 2 aromatic rings. The third kappa shape index (κ3) is 2.60. The number of hydrogen-bond donors (Lipinski definition) is 1. The number of rotatable bonds is 5. The first-order valence-corrected chi connectivity index (χ1v) is 7.78. The van der Waals surface area contributed by atoms with Gasteiger partial charge in [-0.3, -0.25) is 0 Å². The van der Waals surface area contributed by atoms with Gasteiger partial charge >= 0.3 is 5.63 Å². The average Bonchev–Trinajstić information content (AvgIpc) is 2.99. The van der Waals surface area contributed by atoms with Gasteiger partial charge < -0.3 is 19.6 Å². The summed E-state index contributed by atoms with van der Waals surface area (Å²) in [7, 11) is 1.63. The van der Waals surface area contributed by atoms with Gasteiger partial charge in [-0.05, 0) is 30.9 Å². The zero-order valence-corrected chi connectivity index (χ0v) is 13.2. The summed E-state index contributed by atoms with van der Waals surface area (Å²) in [6, 6.07) is 1.64. The summed E-state index contributed by atoms with van der Waals surface area (Å²) in [5.74, 6) is -0.260. The first-order chi connectivity index (χ1) is 10.6. The number of methoxy groups -OCH3 is 1. The van der Waals surface area contributed by atoms with E-state index in [1.165, 1.54) is 0 Å². The Bertz CT molecular complexity index is 769. The number of halogens is 1. The third-order valence-electron chi connectivity index (χ3n) is 4.14. The smallest absolute Gasteiger partial charge is 0.339 e. The summed E-state index contributed by atoms with van der Waals surface area (Å²) in [5.41, 5.74) is 2.27. The van der Waals surface area contributed by atoms with E-state index in [1.54, 1.807) is 13.2 Å². The van der Waals surface area contributed by atoms with Gasteiger partial charge in [0, 0.05) is 28.6 Å². The minimum absolute atomic E-state index is 0.186. The van der Waals surface area contributed by atoms with Crippen LogP contribution in [0.3, 0.4) is 0 Å². The predicted octanol–water partition coefficient (Wildman–Crippen LogP) is 0.719. The van der Waals surface area contributed by atoms with E-state index >= 15 is 0 Å². The van der Waals surface area contributed by atoms with Crippen LogP contribution >= 0.6 is 11.6 Å². The van der Waals surface area contributed by atoms with Crippen molar-refractivity contribution in [2.75, 3.05) is 20.3 Å². The van der Waals surface area contributed by atoms with Crippen molar-refractivity contribution < 1.29 is 19.6 Å². The molecule has 0 spiro atoms. The summed E-state index contributed by atoms with van der Waals surface area (Å²) in [6.07, 6.45) is 2.50. The lowest BCUT2D eigenvalue weighted by Crippen LogP contribution is -2.83. The summed E-state index contributed by atoms with van der Waals surface area (Å²) >= 11 is 6.10. The molecule has 0 unspecified atom stereocenters. The van der Waals surface area contributed by atoms with E-state index in [0.717, 1.165) is 42.3 Å². The Morgan fingerprint density at radius 3 is 2.95 bits per heavy atom. The van der Waals surface area contributed by atoms with E-state index in [0.29, 0.717) is 24.3 Å². The van der Waals surface area contributed by atoms with Crippen LogP contribution in [0, 0.1) is 0 Å². The Kier molecular flexibility index (Phi) is 4.38. The van der Waals surface area contributed by atoms with Gasteiger partial charge in [0.2, 0.25) is 0 Å². The maximum atomic E-state index is 12.3. The van der Waals surface area contributed by atoms with Crippen molar-refractivity contribution in [3.63, 3.8) is 0 Å². The Morgan fingerprint density at radius 1 is 1.41 bits per heavy atom. The fraction of sp³-hybridized carbons (Fsp3) is 0.438. The van der Waals surface area contributed by atoms with Gasteiger partial charge in [0.05, 0.1) is 13.2 Å². The minimum Gasteiger partial charge on any atom is -0.871 e. The maximum Gasteiger partial charge on any atom is 0.339 e. The lowest BCUT2D eigenvalue weighted by molar-refractivity contribution is -0.672. The second-order valence-electron chi connectivity index (χ2n) is 5.52. The first kappa shape index (κ1) is 15.3. The van der Waals surface area contributed by atoms with Gasteiger partial charge in [0.1, 0.15) is 12.1 Å². The molecule has 0 fully saturated rings. The number of benzene rings is 1. The summed E-state index contributed by atoms with van der Waals surface area (Å²) < 4.78 is 10.5. The first-order valence-electron chi connectivity index (χ1n) is 7.41. The molecule has 6 heteroatoms. The van der Waals surface area contributed by atoms with E-state index in [-0.39, 0.29) is 16.4 Å². The van der Waals surface area contributed by atoms with Crippen LogP contribution in [-0.2, 0) is 24.1 Å². The van der Waals surface area contributed by atoms with Gasteiger partial charge in [-0.25, -0.2) is 4.79 Å². The molecule has 0 radical (unpaired) electrons. The zero-order chi connectivity index (χ0) is 15.7. The number of quaternary nitrogens is 1. The molecule has 1 aliphatic carbocycles. The summed E-state index contributed by atoms with van der Waals surface area (Å²) in [6.45, 7) is 1.73. The standard InChI is InChI=1S/C16H18ClNO4/c1-21-6-5-18-8-12-14(19)13(17)7-11-9-3-2-4-10(9)16(20)22-15(11)12/h7,18-19H,2-6,8H2,1H3. The molecule has 0 saturated heterocycles. The van der Waals surface area contributed by atoms with Crippen molar-refractivity contribution in [2.45, 2.75) is 25.8 Å². The maximum absolute atomic E-state index is 12.3. The predicted molar refractivity (Wildman–Crippen MR) is 81.3 cm³/mol. The van der Waals surface area contributed by atoms with Crippen LogP contribution in [-0.4, -0.2) is 20.3 Å². The minimum atomic E-state index is -0.320. The molecular formula is C16H18ClNO4. The molecule has 0 amide bonds. The lowest BCUT2D eigenvalue weighted by Gasteiger charge is -2.17. The summed E-state index contributed by atoms with van der Waals surface area (Å²) in [4.78, 5) is 12.1. The largest absolute Gasteiger partial charge is 0.871 e. The second-order valence-corrected chi connectivity index (χ2v) is 5.92. The van der Waals surface area contributed by atoms with Crippen LogP contribution in [0.1, 0.15) is 23.1 Å². The molecule has 3 rings (SSSR count). The van der Waals surface area contributed by atoms with E-state index in [2.05, 4.69) is 0 Å². The van der Waals surface area contributed by atoms with E-state index < -0.39 is 0 Å². The quantitative estimate of drug-likeness (QED) is 0.649. The second kappa shape index (κ2) is 6.28. The highest BCUT2D eigenvalue weighted by molar-refractivity contribution is 6.33. The van der Waals surface area contributed by atoms with Gasteiger partial charge in [-0.15, -0.1) is 0 Å². The van der Waals surface area contributed by atoms with Gasteiger partial charge in [0.15, 0.2) is 0 Å². The lowest BCUT2D eigenvalue weighted by atomic mass is 10.0. The van der Waals surface area contributed by atoms with Crippen molar-refractivity contribution in [1.29, 1.82) is 0 Å². The molecule has 1 aliphatic rings. The molecule has 0 saturated carbocycles. The van der Waals surface area contributed by atoms with Crippen molar-refractivity contribution in [2.24, 2.45) is 0 Å². The fourth-order valence-corrected chi connectivity index (χ4v) is 3.29. The van der Waals surface area contributed by atoms with Crippen LogP contribution in [0.2, 0.25) is 5.02 Å². The Balaban J connectivity index is 2.11. The van der Waals surface area contributed by atoms with Crippen LogP contribution in [0.4, 0.5) is 0 Å². The number of hydrogen-bond acceptors (Lipinski definition) is 4. The molecule has 1 aromatic carbocycles. The van der Waals surface area contributed by atoms with E-state index in [4.69, 9.17) is 20.8 Å². The number of nitrogens with two attached hydrogens (primary N) is 1. The normalized spacial score (nSPS) is 13.7. The summed E-state index contributed by atoms with van der Waals surface area (Å²) in [5, 5.41) is 15.3. The molecule has 1 heterocycles. The van der Waals surface area contributed by atoms with Crippen LogP contribution in [0.15, 0.2) is 15.3 Å². The van der Waals surface area contributed by atoms with Crippen molar-refractivity contribution in [3.05, 3.63) is 38.2 Å². The van der Waals surface area contributed by atoms with E-state index in [1.807, 2.05) is 5.32 Å². The molecule has 2 N–H and O–H groups in total. The number of fused-ring (bicyclic) bond motifs is 3. The Labute approximate surface area is 132 Å². The highest BCUT2D eigenvalue weighted by Gasteiger charge is 2.22. The van der Waals surface area contributed by atoms with Crippen LogP contribution < -0.4 is 16.0 Å². The molecule has 0 bridgehead atoms. The van der Waals surface area contributed by atoms with Gasteiger partial charge in [-0.2, -0.15) is 0 Å². The molecule has 0 atom stereocenters. The monoisotopic (exact) mass is 323 g/mol. The van der Waals surface area contributed by atoms with Gasteiger partial charge in [0.25, 0.3) is 0 Å². The van der Waals surface area contributed by atoms with Crippen molar-refractivity contribution in [1.82, 2.24) is 0 Å². The van der Waals surface area contributed by atoms with Crippen molar-refractivity contribution in [3.8, 4) is 5.75 Å². The molecule has 22 heavy (non-hydrogen) atoms.